The first-order chi connectivity index (χ1) is 15.2. The molecule has 1 aromatic heterocycles. The van der Waals surface area contributed by atoms with Gasteiger partial charge in [0.05, 0.1) is 27.0 Å². The third kappa shape index (κ3) is 4.84. The summed E-state index contributed by atoms with van der Waals surface area (Å²) in [7, 11) is 3.26. The molecular formula is C25H24ClN3O2. The van der Waals surface area contributed by atoms with Crippen LogP contribution in [0, 0.1) is 0 Å². The highest BCUT2D eigenvalue weighted by Gasteiger charge is 2.08. The molecule has 0 radical (unpaired) electrons. The van der Waals surface area contributed by atoms with Gasteiger partial charge in [-0.3, -0.25) is 0 Å². The molecule has 5 nitrogen and oxygen atoms in total. The van der Waals surface area contributed by atoms with Crippen molar-refractivity contribution in [3.63, 3.8) is 0 Å². The fraction of sp³-hybridized carbons (Fsp3) is 0.160. The normalized spacial score (nSPS) is 11.2. The minimum Gasteiger partial charge on any atom is -0.493 e. The Labute approximate surface area is 186 Å². The van der Waals surface area contributed by atoms with Crippen LogP contribution in [0.5, 0.6) is 11.5 Å². The predicted octanol–water partition coefficient (Wildman–Crippen LogP) is 5.48. The van der Waals surface area contributed by atoms with E-state index < -0.39 is 0 Å². The van der Waals surface area contributed by atoms with Gasteiger partial charge in [0.15, 0.2) is 11.5 Å². The Kier molecular flexibility index (Phi) is 6.43. The van der Waals surface area contributed by atoms with Crippen molar-refractivity contribution in [2.24, 2.45) is 5.10 Å². The van der Waals surface area contributed by atoms with Crippen LogP contribution in [0.2, 0.25) is 5.02 Å². The van der Waals surface area contributed by atoms with Crippen molar-refractivity contribution in [3.05, 3.63) is 94.6 Å². The number of ether oxygens (including phenoxy) is 2. The summed E-state index contributed by atoms with van der Waals surface area (Å²) < 4.78 is 12.9. The second-order valence-corrected chi connectivity index (χ2v) is 7.57. The van der Waals surface area contributed by atoms with Gasteiger partial charge in [-0.15, -0.1) is 0 Å². The van der Waals surface area contributed by atoms with Gasteiger partial charge in [0.25, 0.3) is 0 Å². The monoisotopic (exact) mass is 433 g/mol. The number of halogens is 1. The molecule has 0 aliphatic rings. The molecule has 0 aliphatic heterocycles. The Morgan fingerprint density at radius 1 is 0.935 bits per heavy atom. The number of hydrazone groups is 1. The molecule has 0 spiro atoms. The van der Waals surface area contributed by atoms with Gasteiger partial charge in [0.1, 0.15) is 0 Å². The lowest BCUT2D eigenvalue weighted by Crippen LogP contribution is -2.06. The van der Waals surface area contributed by atoms with Crippen molar-refractivity contribution in [2.45, 2.75) is 13.1 Å². The van der Waals surface area contributed by atoms with E-state index in [0.717, 1.165) is 28.1 Å². The Bertz CT molecular complexity index is 1200. The van der Waals surface area contributed by atoms with Gasteiger partial charge in [-0.05, 0) is 41.5 Å². The van der Waals surface area contributed by atoms with Crippen LogP contribution in [0.25, 0.3) is 10.9 Å². The molecule has 0 atom stereocenters. The molecule has 0 aliphatic carbocycles. The van der Waals surface area contributed by atoms with Crippen LogP contribution in [-0.4, -0.2) is 25.0 Å². The minimum atomic E-state index is 0.584. The number of nitrogens with zero attached hydrogens (tertiary/aromatic N) is 2. The molecule has 4 rings (SSSR count). The van der Waals surface area contributed by atoms with E-state index in [1.54, 1.807) is 14.2 Å². The molecular weight excluding hydrogens is 410 g/mol. The van der Waals surface area contributed by atoms with Gasteiger partial charge in [0.2, 0.25) is 0 Å². The summed E-state index contributed by atoms with van der Waals surface area (Å²) in [6.07, 6.45) is 3.99. The summed E-state index contributed by atoms with van der Waals surface area (Å²) >= 11 is 6.02. The number of para-hydroxylation sites is 1. The van der Waals surface area contributed by atoms with Crippen molar-refractivity contribution in [1.82, 2.24) is 9.99 Å². The first kappa shape index (κ1) is 20.8. The van der Waals surface area contributed by atoms with Crippen molar-refractivity contribution in [3.8, 4) is 11.5 Å². The number of methoxy groups -OCH3 is 2. The molecule has 3 aromatic carbocycles. The number of hydrogen-bond donors (Lipinski definition) is 1. The third-order valence-electron chi connectivity index (χ3n) is 5.11. The van der Waals surface area contributed by atoms with Gasteiger partial charge in [-0.25, -0.2) is 0 Å². The number of benzene rings is 3. The first-order valence-corrected chi connectivity index (χ1v) is 10.3. The summed E-state index contributed by atoms with van der Waals surface area (Å²) in [6, 6.07) is 22.1. The second-order valence-electron chi connectivity index (χ2n) is 7.14. The fourth-order valence-electron chi connectivity index (χ4n) is 3.54. The Morgan fingerprint density at radius 3 is 2.45 bits per heavy atom. The highest BCUT2D eigenvalue weighted by atomic mass is 35.5. The van der Waals surface area contributed by atoms with Gasteiger partial charge in [-0.1, -0.05) is 48.0 Å². The number of nitrogens with one attached hydrogen (secondary N) is 1. The van der Waals surface area contributed by atoms with Crippen LogP contribution < -0.4 is 14.9 Å². The lowest BCUT2D eigenvalue weighted by Gasteiger charge is -2.09. The Hall–Kier alpha value is -3.44. The summed E-state index contributed by atoms with van der Waals surface area (Å²) in [5, 5.41) is 6.34. The molecule has 4 aromatic rings. The lowest BCUT2D eigenvalue weighted by atomic mass is 10.2. The Morgan fingerprint density at radius 2 is 1.68 bits per heavy atom. The standard InChI is InChI=1S/C25H24ClN3O2/c1-30-24-12-9-19(13-25(24)31-2)14-27-28-15-20-17-29(23-6-4-3-5-22(20)23)16-18-7-10-21(26)11-8-18/h3-13,15,17,27H,14,16H2,1-2H3/b28-15-. The average molecular weight is 434 g/mol. The maximum absolute atomic E-state index is 6.02. The molecule has 0 amide bonds. The molecule has 0 saturated carbocycles. The predicted molar refractivity (Wildman–Crippen MR) is 126 cm³/mol. The molecule has 0 saturated heterocycles. The van der Waals surface area contributed by atoms with Crippen LogP contribution in [0.15, 0.2) is 78.0 Å². The van der Waals surface area contributed by atoms with Gasteiger partial charge in [0, 0.05) is 34.2 Å². The molecule has 31 heavy (non-hydrogen) atoms. The molecule has 1 N–H and O–H groups in total. The highest BCUT2D eigenvalue weighted by molar-refractivity contribution is 6.30. The zero-order valence-corrected chi connectivity index (χ0v) is 18.3. The summed E-state index contributed by atoms with van der Waals surface area (Å²) in [5.74, 6) is 1.42. The van der Waals surface area contributed by atoms with Gasteiger partial charge in [-0.2, -0.15) is 5.10 Å². The molecule has 0 unspecified atom stereocenters. The molecule has 1 heterocycles. The second kappa shape index (κ2) is 9.58. The zero-order valence-electron chi connectivity index (χ0n) is 17.5. The summed E-state index contributed by atoms with van der Waals surface area (Å²) in [4.78, 5) is 0. The van der Waals surface area contributed by atoms with E-state index in [1.807, 2.05) is 42.6 Å². The van der Waals surface area contributed by atoms with Gasteiger partial charge < -0.3 is 19.5 Å². The summed E-state index contributed by atoms with van der Waals surface area (Å²) in [6.45, 7) is 1.35. The van der Waals surface area contributed by atoms with Crippen molar-refractivity contribution >= 4 is 28.7 Å². The van der Waals surface area contributed by atoms with E-state index in [0.29, 0.717) is 18.0 Å². The van der Waals surface area contributed by atoms with E-state index in [1.165, 1.54) is 11.1 Å². The zero-order chi connectivity index (χ0) is 21.6. The van der Waals surface area contributed by atoms with E-state index in [9.17, 15) is 0 Å². The molecule has 0 fully saturated rings. The topological polar surface area (TPSA) is 47.8 Å². The van der Waals surface area contributed by atoms with Crippen molar-refractivity contribution in [1.29, 1.82) is 0 Å². The van der Waals surface area contributed by atoms with E-state index in [4.69, 9.17) is 21.1 Å². The van der Waals surface area contributed by atoms with E-state index in [-0.39, 0.29) is 0 Å². The summed E-state index contributed by atoms with van der Waals surface area (Å²) in [5.41, 5.74) is 7.59. The van der Waals surface area contributed by atoms with Crippen LogP contribution >= 0.6 is 11.6 Å². The average Bonchev–Trinajstić information content (AvgIpc) is 3.15. The number of hydrogen-bond acceptors (Lipinski definition) is 4. The quantitative estimate of drug-likeness (QED) is 0.295. The smallest absolute Gasteiger partial charge is 0.161 e. The lowest BCUT2D eigenvalue weighted by molar-refractivity contribution is 0.354. The van der Waals surface area contributed by atoms with Crippen LogP contribution in [-0.2, 0) is 13.1 Å². The third-order valence-corrected chi connectivity index (χ3v) is 5.36. The maximum Gasteiger partial charge on any atom is 0.161 e. The molecule has 0 bridgehead atoms. The number of aromatic nitrogens is 1. The molecule has 158 valence electrons. The SMILES string of the molecule is COc1ccc(CN/N=C\c2cn(Cc3ccc(Cl)cc3)c3ccccc23)cc1OC. The first-order valence-electron chi connectivity index (χ1n) is 9.97. The fourth-order valence-corrected chi connectivity index (χ4v) is 3.66. The van der Waals surface area contributed by atoms with Crippen molar-refractivity contribution in [2.75, 3.05) is 14.2 Å². The maximum atomic E-state index is 6.02. The van der Waals surface area contributed by atoms with Crippen LogP contribution in [0.4, 0.5) is 0 Å². The van der Waals surface area contributed by atoms with Crippen LogP contribution in [0.3, 0.4) is 0 Å². The molecule has 6 heteroatoms. The number of fused-ring (bicyclic) bond motifs is 1. The van der Waals surface area contributed by atoms with Crippen molar-refractivity contribution < 1.29 is 9.47 Å². The van der Waals surface area contributed by atoms with E-state index in [2.05, 4.69) is 51.6 Å². The number of rotatable bonds is 8. The van der Waals surface area contributed by atoms with Gasteiger partial charge >= 0.3 is 0 Å². The largest absolute Gasteiger partial charge is 0.493 e. The van der Waals surface area contributed by atoms with E-state index >= 15 is 0 Å². The Balaban J connectivity index is 1.49. The minimum absolute atomic E-state index is 0.584. The van der Waals surface area contributed by atoms with Crippen LogP contribution in [0.1, 0.15) is 16.7 Å². The highest BCUT2D eigenvalue weighted by Crippen LogP contribution is 2.27.